The van der Waals surface area contributed by atoms with E-state index in [1.54, 1.807) is 0 Å². The summed E-state index contributed by atoms with van der Waals surface area (Å²) in [7, 11) is 0. The molecule has 2 bridgehead atoms. The molecule has 1 N–H and O–H groups in total. The van der Waals surface area contributed by atoms with Gasteiger partial charge in [0, 0.05) is 24.0 Å². The predicted molar refractivity (Wildman–Crippen MR) is 95.2 cm³/mol. The van der Waals surface area contributed by atoms with E-state index in [1.165, 1.54) is 25.7 Å². The molecule has 0 spiro atoms. The molecule has 1 saturated carbocycles. The maximum absolute atomic E-state index is 13.2. The van der Waals surface area contributed by atoms with Crippen LogP contribution in [-0.2, 0) is 9.59 Å². The fourth-order valence-corrected chi connectivity index (χ4v) is 6.27. The second-order valence-electron chi connectivity index (χ2n) is 8.76. The van der Waals surface area contributed by atoms with Crippen LogP contribution in [0.1, 0.15) is 71.1 Å². The maximum Gasteiger partial charge on any atom is 0.311 e. The molecule has 1 aliphatic carbocycles. The van der Waals surface area contributed by atoms with Gasteiger partial charge in [-0.2, -0.15) is 0 Å². The molecule has 5 nitrogen and oxygen atoms in total. The Morgan fingerprint density at radius 3 is 2.24 bits per heavy atom. The van der Waals surface area contributed by atoms with E-state index in [1.807, 2.05) is 11.8 Å². The minimum Gasteiger partial charge on any atom is -0.481 e. The second kappa shape index (κ2) is 6.57. The number of hydrogen-bond acceptors (Lipinski definition) is 3. The Hall–Kier alpha value is -1.10. The first-order valence-corrected chi connectivity index (χ1v) is 10.4. The van der Waals surface area contributed by atoms with Crippen LogP contribution in [0.4, 0.5) is 0 Å². The van der Waals surface area contributed by atoms with Crippen molar-refractivity contribution in [3.05, 3.63) is 0 Å². The third-order valence-corrected chi connectivity index (χ3v) is 7.77. The van der Waals surface area contributed by atoms with E-state index in [2.05, 4.69) is 4.90 Å². The summed E-state index contributed by atoms with van der Waals surface area (Å²) in [6, 6.07) is 0.848. The highest BCUT2D eigenvalue weighted by Crippen LogP contribution is 2.52. The Morgan fingerprint density at radius 2 is 1.68 bits per heavy atom. The Balaban J connectivity index is 1.41. The molecule has 0 aromatic carbocycles. The van der Waals surface area contributed by atoms with E-state index in [4.69, 9.17) is 0 Å². The van der Waals surface area contributed by atoms with Crippen molar-refractivity contribution >= 4 is 11.9 Å². The molecular weight excluding hydrogens is 316 g/mol. The molecular formula is C20H32N2O3. The average Bonchev–Trinajstić information content (AvgIpc) is 3.36. The van der Waals surface area contributed by atoms with Crippen LogP contribution < -0.4 is 0 Å². The molecule has 4 fully saturated rings. The van der Waals surface area contributed by atoms with Crippen LogP contribution in [0.25, 0.3) is 0 Å². The highest BCUT2D eigenvalue weighted by atomic mass is 16.4. The van der Waals surface area contributed by atoms with Crippen LogP contribution in [0.5, 0.6) is 0 Å². The fraction of sp³-hybridized carbons (Fsp3) is 0.900. The summed E-state index contributed by atoms with van der Waals surface area (Å²) in [6.45, 7) is 4.06. The van der Waals surface area contributed by atoms with Crippen molar-refractivity contribution in [2.24, 2.45) is 11.3 Å². The average molecular weight is 348 g/mol. The number of rotatable bonds is 4. The zero-order valence-electron chi connectivity index (χ0n) is 15.5. The quantitative estimate of drug-likeness (QED) is 0.849. The van der Waals surface area contributed by atoms with Gasteiger partial charge in [-0.1, -0.05) is 19.8 Å². The number of carbonyl (C=O) groups is 2. The molecule has 3 atom stereocenters. The summed E-state index contributed by atoms with van der Waals surface area (Å²) >= 11 is 0. The number of amides is 1. The van der Waals surface area contributed by atoms with Gasteiger partial charge in [0.15, 0.2) is 0 Å². The third-order valence-electron chi connectivity index (χ3n) is 7.77. The van der Waals surface area contributed by atoms with Crippen molar-refractivity contribution in [1.29, 1.82) is 0 Å². The highest BCUT2D eigenvalue weighted by Gasteiger charge is 2.61. The normalized spacial score (nSPS) is 37.1. The summed E-state index contributed by atoms with van der Waals surface area (Å²) in [5.41, 5.74) is -0.691. The van der Waals surface area contributed by atoms with Crippen molar-refractivity contribution in [2.45, 2.75) is 89.3 Å². The van der Waals surface area contributed by atoms with Crippen LogP contribution in [-0.4, -0.2) is 58.0 Å². The van der Waals surface area contributed by atoms with Crippen LogP contribution in [0.3, 0.4) is 0 Å². The molecule has 4 aliphatic rings. The van der Waals surface area contributed by atoms with E-state index >= 15 is 0 Å². The summed E-state index contributed by atoms with van der Waals surface area (Å²) in [4.78, 5) is 29.8. The summed E-state index contributed by atoms with van der Waals surface area (Å²) < 4.78 is 0. The van der Waals surface area contributed by atoms with Crippen molar-refractivity contribution < 1.29 is 14.7 Å². The smallest absolute Gasteiger partial charge is 0.311 e. The van der Waals surface area contributed by atoms with Crippen molar-refractivity contribution in [1.82, 2.24) is 9.80 Å². The van der Waals surface area contributed by atoms with Crippen molar-refractivity contribution in [2.75, 3.05) is 13.1 Å². The van der Waals surface area contributed by atoms with Crippen LogP contribution in [0.15, 0.2) is 0 Å². The minimum atomic E-state index is -0.698. The van der Waals surface area contributed by atoms with Gasteiger partial charge in [0.2, 0.25) is 5.91 Å². The summed E-state index contributed by atoms with van der Waals surface area (Å²) in [6.07, 6.45) is 10.4. The summed E-state index contributed by atoms with van der Waals surface area (Å²) in [5, 5.41) is 9.81. The van der Waals surface area contributed by atoms with E-state index in [0.717, 1.165) is 44.8 Å². The monoisotopic (exact) mass is 348 g/mol. The van der Waals surface area contributed by atoms with Crippen LogP contribution >= 0.6 is 0 Å². The topological polar surface area (TPSA) is 60.9 Å². The SMILES string of the molecule is CC[C@@]1(C(=O)O)C[C@@H]2CC[C@H]1N2C(=O)C1CCN(C2CCCC2)CC1. The molecule has 1 amide bonds. The number of carboxylic acid groups (broad SMARTS) is 1. The molecule has 4 rings (SSSR count). The van der Waals surface area contributed by atoms with Gasteiger partial charge in [-0.25, -0.2) is 0 Å². The Bertz CT molecular complexity index is 537. The van der Waals surface area contributed by atoms with E-state index in [9.17, 15) is 14.7 Å². The van der Waals surface area contributed by atoms with E-state index < -0.39 is 11.4 Å². The third kappa shape index (κ3) is 2.70. The lowest BCUT2D eigenvalue weighted by atomic mass is 9.72. The Morgan fingerprint density at radius 1 is 1.00 bits per heavy atom. The molecule has 3 aliphatic heterocycles. The number of fused-ring (bicyclic) bond motifs is 2. The zero-order valence-corrected chi connectivity index (χ0v) is 15.5. The van der Waals surface area contributed by atoms with Gasteiger partial charge in [0.25, 0.3) is 0 Å². The largest absolute Gasteiger partial charge is 0.481 e. The Labute approximate surface area is 150 Å². The minimum absolute atomic E-state index is 0.0691. The van der Waals surface area contributed by atoms with Gasteiger partial charge in [0.05, 0.1) is 5.41 Å². The van der Waals surface area contributed by atoms with Crippen molar-refractivity contribution in [3.8, 4) is 0 Å². The number of nitrogens with zero attached hydrogens (tertiary/aromatic N) is 2. The maximum atomic E-state index is 13.2. The van der Waals surface area contributed by atoms with Gasteiger partial charge in [-0.3, -0.25) is 9.59 Å². The van der Waals surface area contributed by atoms with Crippen molar-refractivity contribution in [3.63, 3.8) is 0 Å². The molecule has 0 radical (unpaired) electrons. The highest BCUT2D eigenvalue weighted by molar-refractivity contribution is 5.84. The van der Waals surface area contributed by atoms with E-state index in [-0.39, 0.29) is 23.9 Å². The first-order chi connectivity index (χ1) is 12.1. The lowest BCUT2D eigenvalue weighted by molar-refractivity contribution is -0.152. The van der Waals surface area contributed by atoms with Gasteiger partial charge in [-0.15, -0.1) is 0 Å². The predicted octanol–water partition coefficient (Wildman–Crippen LogP) is 2.89. The molecule has 3 saturated heterocycles. The standard InChI is InChI=1S/C20H32N2O3/c1-2-20(19(24)25)13-16-7-8-17(20)22(16)18(23)14-9-11-21(12-10-14)15-5-3-4-6-15/h14-17H,2-13H2,1H3,(H,24,25)/t16-,17+,20+/m0/s1. The molecule has 0 aromatic heterocycles. The van der Waals surface area contributed by atoms with Gasteiger partial charge >= 0.3 is 5.97 Å². The Kier molecular flexibility index (Phi) is 4.55. The first-order valence-electron chi connectivity index (χ1n) is 10.4. The lowest BCUT2D eigenvalue weighted by Gasteiger charge is -2.38. The fourth-order valence-electron chi connectivity index (χ4n) is 6.27. The van der Waals surface area contributed by atoms with Gasteiger partial charge < -0.3 is 14.9 Å². The second-order valence-corrected chi connectivity index (χ2v) is 8.76. The van der Waals surface area contributed by atoms with Crippen LogP contribution in [0.2, 0.25) is 0 Å². The molecule has 25 heavy (non-hydrogen) atoms. The first kappa shape index (κ1) is 17.3. The molecule has 0 aromatic rings. The number of likely N-dealkylation sites (tertiary alicyclic amines) is 1. The number of hydrogen-bond donors (Lipinski definition) is 1. The number of carbonyl (C=O) groups excluding carboxylic acids is 1. The van der Waals surface area contributed by atoms with E-state index in [0.29, 0.717) is 12.8 Å². The number of piperidine rings is 1. The van der Waals surface area contributed by atoms with Gasteiger partial charge in [0.1, 0.15) is 0 Å². The zero-order chi connectivity index (χ0) is 17.6. The molecule has 3 heterocycles. The lowest BCUT2D eigenvalue weighted by Crippen LogP contribution is -2.49. The number of aliphatic carboxylic acids is 1. The molecule has 0 unspecified atom stereocenters. The number of carboxylic acids is 1. The molecule has 140 valence electrons. The van der Waals surface area contributed by atoms with Gasteiger partial charge in [-0.05, 0) is 64.5 Å². The van der Waals surface area contributed by atoms with Crippen LogP contribution in [0, 0.1) is 11.3 Å². The molecule has 5 heteroatoms. The summed E-state index contributed by atoms with van der Waals surface area (Å²) in [5.74, 6) is -0.326.